The first-order valence-electron chi connectivity index (χ1n) is 11.1. The van der Waals surface area contributed by atoms with E-state index in [1.54, 1.807) is 0 Å². The maximum Gasteiger partial charge on any atom is 0.192 e. The molecule has 0 bridgehead atoms. The van der Waals surface area contributed by atoms with Crippen molar-refractivity contribution in [1.82, 2.24) is 0 Å². The third-order valence-corrected chi connectivity index (χ3v) is 11.1. The molecule has 5 atom stereocenters. The van der Waals surface area contributed by atoms with Gasteiger partial charge in [0, 0.05) is 5.92 Å². The standard InChI is InChI=1S/C24H40O4Si/c1-7-29(8-2,9-3)28-24-19(6)22(27-21(23(24)25)15-18(4)5)17-26-16-20-13-11-10-12-14-20/h10-14,19,21-25H,4,7-9,15-17H2,1-3,5-6H3/t19-,21+,22-,23+,24+/m0/s1. The van der Waals surface area contributed by atoms with Gasteiger partial charge in [0.05, 0.1) is 31.5 Å². The van der Waals surface area contributed by atoms with E-state index in [4.69, 9.17) is 13.9 Å². The van der Waals surface area contributed by atoms with Gasteiger partial charge < -0.3 is 19.0 Å². The molecular formula is C24H40O4Si. The summed E-state index contributed by atoms with van der Waals surface area (Å²) in [6.45, 7) is 15.9. The van der Waals surface area contributed by atoms with Crippen molar-refractivity contribution < 1.29 is 19.0 Å². The molecule has 164 valence electrons. The molecule has 0 aliphatic carbocycles. The Balaban J connectivity index is 2.12. The van der Waals surface area contributed by atoms with Crippen molar-refractivity contribution in [1.29, 1.82) is 0 Å². The number of hydrogen-bond acceptors (Lipinski definition) is 4. The van der Waals surface area contributed by atoms with Crippen LogP contribution in [-0.2, 0) is 20.5 Å². The SMILES string of the molecule is C=C(C)C[C@H]1O[C@@H](COCc2ccccc2)[C@H](C)[C@@H](O[Si](CC)(CC)CC)[C@@H]1O. The first-order chi connectivity index (χ1) is 13.9. The zero-order valence-corrected chi connectivity index (χ0v) is 19.9. The van der Waals surface area contributed by atoms with Gasteiger partial charge >= 0.3 is 0 Å². The van der Waals surface area contributed by atoms with Gasteiger partial charge in [0.25, 0.3) is 0 Å². The summed E-state index contributed by atoms with van der Waals surface area (Å²) < 4.78 is 19.1. The quantitative estimate of drug-likeness (QED) is 0.388. The van der Waals surface area contributed by atoms with Crippen molar-refractivity contribution in [3.05, 3.63) is 48.0 Å². The molecule has 0 unspecified atom stereocenters. The van der Waals surface area contributed by atoms with Gasteiger partial charge in [0.15, 0.2) is 8.32 Å². The zero-order valence-electron chi connectivity index (χ0n) is 18.9. The highest BCUT2D eigenvalue weighted by molar-refractivity contribution is 6.73. The summed E-state index contributed by atoms with van der Waals surface area (Å²) in [5.41, 5.74) is 2.16. The second-order valence-corrected chi connectivity index (χ2v) is 13.3. The van der Waals surface area contributed by atoms with Crippen molar-refractivity contribution in [3.63, 3.8) is 0 Å². The van der Waals surface area contributed by atoms with Gasteiger partial charge in [0.2, 0.25) is 0 Å². The zero-order chi connectivity index (χ0) is 21.4. The van der Waals surface area contributed by atoms with Crippen LogP contribution in [0.15, 0.2) is 42.5 Å². The van der Waals surface area contributed by atoms with Crippen molar-refractivity contribution in [3.8, 4) is 0 Å². The van der Waals surface area contributed by atoms with Crippen molar-refractivity contribution in [2.24, 2.45) is 5.92 Å². The van der Waals surface area contributed by atoms with E-state index in [9.17, 15) is 5.11 Å². The van der Waals surface area contributed by atoms with Gasteiger partial charge in [-0.15, -0.1) is 6.58 Å². The molecule has 1 saturated heterocycles. The number of rotatable bonds is 11. The molecule has 1 N–H and O–H groups in total. The summed E-state index contributed by atoms with van der Waals surface area (Å²) in [4.78, 5) is 0. The van der Waals surface area contributed by atoms with E-state index >= 15 is 0 Å². The van der Waals surface area contributed by atoms with Crippen molar-refractivity contribution >= 4 is 8.32 Å². The van der Waals surface area contributed by atoms with E-state index in [-0.39, 0.29) is 24.2 Å². The topological polar surface area (TPSA) is 47.9 Å². The maximum absolute atomic E-state index is 11.1. The Labute approximate surface area is 178 Å². The van der Waals surface area contributed by atoms with Crippen LogP contribution in [0.5, 0.6) is 0 Å². The summed E-state index contributed by atoms with van der Waals surface area (Å²) in [6.07, 6.45) is -0.611. The Morgan fingerprint density at radius 2 is 1.72 bits per heavy atom. The normalized spacial score (nSPS) is 27.7. The van der Waals surface area contributed by atoms with Crippen LogP contribution in [0.2, 0.25) is 18.1 Å². The van der Waals surface area contributed by atoms with Crippen LogP contribution >= 0.6 is 0 Å². The molecule has 0 aromatic heterocycles. The van der Waals surface area contributed by atoms with Crippen molar-refractivity contribution in [2.75, 3.05) is 6.61 Å². The van der Waals surface area contributed by atoms with Gasteiger partial charge in [-0.25, -0.2) is 0 Å². The minimum atomic E-state index is -1.85. The summed E-state index contributed by atoms with van der Waals surface area (Å²) in [5.74, 6) is 0.0682. The lowest BCUT2D eigenvalue weighted by atomic mass is 9.86. The van der Waals surface area contributed by atoms with Crippen LogP contribution in [0.4, 0.5) is 0 Å². The maximum atomic E-state index is 11.1. The Bertz CT molecular complexity index is 608. The molecule has 1 aliphatic heterocycles. The van der Waals surface area contributed by atoms with Crippen LogP contribution in [0, 0.1) is 5.92 Å². The molecule has 0 radical (unpaired) electrons. The second-order valence-electron chi connectivity index (χ2n) is 8.55. The Morgan fingerprint density at radius 1 is 1.10 bits per heavy atom. The highest BCUT2D eigenvalue weighted by Gasteiger charge is 2.46. The summed E-state index contributed by atoms with van der Waals surface area (Å²) >= 11 is 0. The van der Waals surface area contributed by atoms with Gasteiger partial charge in [-0.05, 0) is 37.0 Å². The lowest BCUT2D eigenvalue weighted by Gasteiger charge is -2.47. The van der Waals surface area contributed by atoms with Gasteiger partial charge in [0.1, 0.15) is 6.10 Å². The third-order valence-electron chi connectivity index (χ3n) is 6.43. The van der Waals surface area contributed by atoms with E-state index in [2.05, 4.69) is 46.4 Å². The predicted octanol–water partition coefficient (Wildman–Crippen LogP) is 5.32. The van der Waals surface area contributed by atoms with Gasteiger partial charge in [-0.2, -0.15) is 0 Å². The molecule has 0 spiro atoms. The van der Waals surface area contributed by atoms with E-state index in [0.717, 1.165) is 29.3 Å². The molecule has 5 heteroatoms. The highest BCUT2D eigenvalue weighted by Crippen LogP contribution is 2.35. The van der Waals surface area contributed by atoms with E-state index in [1.807, 2.05) is 25.1 Å². The third kappa shape index (κ3) is 6.50. The average Bonchev–Trinajstić information content (AvgIpc) is 2.72. The molecule has 0 saturated carbocycles. The van der Waals surface area contributed by atoms with Crippen LogP contribution in [0.3, 0.4) is 0 Å². The minimum absolute atomic E-state index is 0.0682. The smallest absolute Gasteiger partial charge is 0.192 e. The molecule has 29 heavy (non-hydrogen) atoms. The Morgan fingerprint density at radius 3 is 2.28 bits per heavy atom. The number of ether oxygens (including phenoxy) is 2. The molecule has 1 heterocycles. The molecule has 1 aliphatic rings. The summed E-state index contributed by atoms with van der Waals surface area (Å²) in [6, 6.07) is 13.4. The molecule has 1 aromatic carbocycles. The minimum Gasteiger partial charge on any atom is -0.411 e. The fourth-order valence-corrected chi connectivity index (χ4v) is 7.13. The van der Waals surface area contributed by atoms with E-state index < -0.39 is 14.4 Å². The second kappa shape index (κ2) is 11.4. The summed E-state index contributed by atoms with van der Waals surface area (Å²) in [5, 5.41) is 11.1. The highest BCUT2D eigenvalue weighted by atomic mass is 28.4. The van der Waals surface area contributed by atoms with E-state index in [0.29, 0.717) is 19.6 Å². The first-order valence-corrected chi connectivity index (χ1v) is 13.7. The molecule has 0 amide bonds. The molecular weight excluding hydrogens is 380 g/mol. The summed E-state index contributed by atoms with van der Waals surface area (Å²) in [7, 11) is -1.85. The fraction of sp³-hybridized carbons (Fsp3) is 0.667. The average molecular weight is 421 g/mol. The van der Waals surface area contributed by atoms with Gasteiger partial charge in [-0.3, -0.25) is 0 Å². The number of aliphatic hydroxyl groups is 1. The monoisotopic (exact) mass is 420 g/mol. The Hall–Kier alpha value is -0.983. The number of aliphatic hydroxyl groups excluding tert-OH is 1. The Kier molecular flexibility index (Phi) is 9.56. The van der Waals surface area contributed by atoms with Gasteiger partial charge in [-0.1, -0.05) is 63.6 Å². The number of benzene rings is 1. The van der Waals surface area contributed by atoms with E-state index in [1.165, 1.54) is 0 Å². The molecule has 4 nitrogen and oxygen atoms in total. The lowest BCUT2D eigenvalue weighted by Crippen LogP contribution is -2.59. The lowest BCUT2D eigenvalue weighted by molar-refractivity contribution is -0.204. The van der Waals surface area contributed by atoms with Crippen LogP contribution in [0.25, 0.3) is 0 Å². The molecule has 1 fully saturated rings. The van der Waals surface area contributed by atoms with Crippen LogP contribution < -0.4 is 0 Å². The predicted molar refractivity (Wildman–Crippen MR) is 121 cm³/mol. The fourth-order valence-electron chi connectivity index (χ4n) is 4.20. The molecule has 1 aromatic rings. The largest absolute Gasteiger partial charge is 0.411 e. The van der Waals surface area contributed by atoms with Crippen LogP contribution in [0.1, 0.15) is 46.6 Å². The number of hydrogen-bond donors (Lipinski definition) is 1. The molecule has 2 rings (SSSR count). The van der Waals surface area contributed by atoms with Crippen molar-refractivity contribution in [2.45, 2.75) is 90.2 Å². The van der Waals surface area contributed by atoms with Crippen LogP contribution in [-0.4, -0.2) is 44.4 Å². The first kappa shape index (κ1) is 24.3.